The summed E-state index contributed by atoms with van der Waals surface area (Å²) in [6.45, 7) is 5.93. The van der Waals surface area contributed by atoms with Crippen LogP contribution in [-0.4, -0.2) is 19.0 Å². The van der Waals surface area contributed by atoms with Gasteiger partial charge in [0.2, 0.25) is 10.0 Å². The highest BCUT2D eigenvalue weighted by Gasteiger charge is 2.20. The predicted octanol–water partition coefficient (Wildman–Crippen LogP) is 2.76. The van der Waals surface area contributed by atoms with E-state index in [0.717, 1.165) is 5.56 Å². The van der Waals surface area contributed by atoms with Crippen LogP contribution in [0.4, 0.5) is 0 Å². The van der Waals surface area contributed by atoms with Crippen molar-refractivity contribution in [3.05, 3.63) is 29.8 Å². The number of benzene rings is 1. The molecule has 0 spiro atoms. The molecule has 0 aliphatic rings. The Kier molecular flexibility index (Phi) is 5.92. The normalized spacial score (nSPS) is 13.2. The lowest BCUT2D eigenvalue weighted by atomic mass is 10.2. The van der Waals surface area contributed by atoms with Crippen LogP contribution in [0.5, 0.6) is 0 Å². The smallest absolute Gasteiger partial charge is 0.207 e. The van der Waals surface area contributed by atoms with Gasteiger partial charge in [-0.2, -0.15) is 4.72 Å². The van der Waals surface area contributed by atoms with Gasteiger partial charge in [0.1, 0.15) is 0 Å². The van der Waals surface area contributed by atoms with Gasteiger partial charge in [-0.05, 0) is 19.1 Å². The number of thioether (sulfide) groups is 1. The molecule has 0 aromatic heterocycles. The third-order valence-electron chi connectivity index (χ3n) is 2.36. The number of sulfonamides is 1. The van der Waals surface area contributed by atoms with Crippen LogP contribution < -0.4 is 4.72 Å². The summed E-state index contributed by atoms with van der Waals surface area (Å²) in [5.41, 5.74) is 1.02. The minimum absolute atomic E-state index is 0.268. The van der Waals surface area contributed by atoms with Crippen molar-refractivity contribution in [2.24, 2.45) is 0 Å². The van der Waals surface area contributed by atoms with Crippen LogP contribution in [0.15, 0.2) is 29.2 Å². The fourth-order valence-corrected chi connectivity index (χ4v) is 4.02. The average Bonchev–Trinajstić information content (AvgIpc) is 2.28. The molecule has 1 N–H and O–H groups in total. The molecule has 0 bridgehead atoms. The minimum atomic E-state index is -3.51. The molecule has 0 heterocycles. The first-order valence-electron chi connectivity index (χ1n) is 6.03. The lowest BCUT2D eigenvalue weighted by Crippen LogP contribution is -2.33. The molecule has 19 heavy (non-hydrogen) atoms. The van der Waals surface area contributed by atoms with Crippen molar-refractivity contribution >= 4 is 21.8 Å². The van der Waals surface area contributed by atoms with E-state index in [4.69, 9.17) is 6.42 Å². The van der Waals surface area contributed by atoms with Gasteiger partial charge in [-0.1, -0.05) is 31.5 Å². The van der Waals surface area contributed by atoms with Gasteiger partial charge >= 0.3 is 0 Å². The number of terminal acetylenes is 1. The summed E-state index contributed by atoms with van der Waals surface area (Å²) in [4.78, 5) is 0.268. The third-order valence-corrected chi connectivity index (χ3v) is 5.15. The van der Waals surface area contributed by atoms with E-state index in [1.807, 2.05) is 20.8 Å². The van der Waals surface area contributed by atoms with Crippen molar-refractivity contribution in [3.8, 4) is 12.3 Å². The Balaban J connectivity index is 2.87. The first-order valence-corrected chi connectivity index (χ1v) is 8.45. The van der Waals surface area contributed by atoms with Crippen LogP contribution in [0.2, 0.25) is 0 Å². The van der Waals surface area contributed by atoms with Crippen molar-refractivity contribution in [1.82, 2.24) is 4.72 Å². The molecule has 0 radical (unpaired) electrons. The first kappa shape index (κ1) is 16.1. The Bertz CT molecular complexity index is 542. The number of hydrogen-bond acceptors (Lipinski definition) is 3. The summed E-state index contributed by atoms with van der Waals surface area (Å²) < 4.78 is 27.1. The molecule has 0 saturated heterocycles. The lowest BCUT2D eigenvalue weighted by molar-refractivity contribution is 0.579. The largest absolute Gasteiger partial charge is 0.241 e. The highest BCUT2D eigenvalue weighted by molar-refractivity contribution is 8.01. The molecule has 0 aliphatic carbocycles. The SMILES string of the molecule is C#CCC(NS(=O)(=O)c1ccc(C)cc1)SC(C)C. The van der Waals surface area contributed by atoms with Crippen LogP contribution in [0.3, 0.4) is 0 Å². The van der Waals surface area contributed by atoms with E-state index in [0.29, 0.717) is 11.7 Å². The van der Waals surface area contributed by atoms with E-state index in [-0.39, 0.29) is 10.3 Å². The maximum Gasteiger partial charge on any atom is 0.241 e. The quantitative estimate of drug-likeness (QED) is 0.649. The fraction of sp³-hybridized carbons (Fsp3) is 0.429. The summed E-state index contributed by atoms with van der Waals surface area (Å²) in [5.74, 6) is 2.51. The number of nitrogens with one attached hydrogen (secondary N) is 1. The van der Waals surface area contributed by atoms with Crippen LogP contribution in [0, 0.1) is 19.3 Å². The Hall–Kier alpha value is -0.960. The Morgan fingerprint density at radius 2 is 1.89 bits per heavy atom. The standard InChI is InChI=1S/C14H19NO2S2/c1-5-6-14(18-11(2)3)15-19(16,17)13-9-7-12(4)8-10-13/h1,7-11,14-15H,6H2,2-4H3. The van der Waals surface area contributed by atoms with E-state index in [1.54, 1.807) is 24.3 Å². The molecule has 3 nitrogen and oxygen atoms in total. The van der Waals surface area contributed by atoms with Crippen molar-refractivity contribution in [1.29, 1.82) is 0 Å². The van der Waals surface area contributed by atoms with Crippen LogP contribution in [-0.2, 0) is 10.0 Å². The predicted molar refractivity (Wildman–Crippen MR) is 81.5 cm³/mol. The van der Waals surface area contributed by atoms with Gasteiger partial charge in [-0.3, -0.25) is 0 Å². The molecule has 0 amide bonds. The van der Waals surface area contributed by atoms with Crippen molar-refractivity contribution in [3.63, 3.8) is 0 Å². The topological polar surface area (TPSA) is 46.2 Å². The van der Waals surface area contributed by atoms with Gasteiger partial charge < -0.3 is 0 Å². The van der Waals surface area contributed by atoms with Crippen LogP contribution >= 0.6 is 11.8 Å². The van der Waals surface area contributed by atoms with Gasteiger partial charge in [-0.25, -0.2) is 8.42 Å². The fourth-order valence-electron chi connectivity index (χ4n) is 1.51. The second-order valence-corrected chi connectivity index (χ2v) is 8.01. The maximum absolute atomic E-state index is 12.2. The van der Waals surface area contributed by atoms with E-state index in [1.165, 1.54) is 11.8 Å². The summed E-state index contributed by atoms with van der Waals surface area (Å²) in [6.07, 6.45) is 5.65. The van der Waals surface area contributed by atoms with Crippen LogP contribution in [0.1, 0.15) is 25.8 Å². The summed E-state index contributed by atoms with van der Waals surface area (Å²) in [5, 5.41) is 0.00960. The third kappa shape index (κ3) is 5.27. The zero-order valence-electron chi connectivity index (χ0n) is 11.4. The van der Waals surface area contributed by atoms with Gasteiger partial charge in [-0.15, -0.1) is 24.1 Å². The highest BCUT2D eigenvalue weighted by Crippen LogP contribution is 2.20. The van der Waals surface area contributed by atoms with Gasteiger partial charge in [0, 0.05) is 11.7 Å². The van der Waals surface area contributed by atoms with E-state index < -0.39 is 10.0 Å². The molecule has 1 atom stereocenters. The van der Waals surface area contributed by atoms with E-state index in [9.17, 15) is 8.42 Å². The highest BCUT2D eigenvalue weighted by atomic mass is 32.2. The van der Waals surface area contributed by atoms with Gasteiger partial charge in [0.25, 0.3) is 0 Å². The number of rotatable bonds is 6. The Morgan fingerprint density at radius 1 is 1.32 bits per heavy atom. The zero-order chi connectivity index (χ0) is 14.5. The second kappa shape index (κ2) is 6.99. The molecule has 1 aromatic carbocycles. The molecule has 0 fully saturated rings. The lowest BCUT2D eigenvalue weighted by Gasteiger charge is -2.18. The summed E-state index contributed by atoms with van der Waals surface area (Å²) >= 11 is 1.52. The van der Waals surface area contributed by atoms with Gasteiger partial charge in [0.15, 0.2) is 0 Å². The number of aryl methyl sites for hydroxylation is 1. The molecule has 5 heteroatoms. The molecule has 1 unspecified atom stereocenters. The molecular formula is C14H19NO2S2. The number of hydrogen-bond donors (Lipinski definition) is 1. The molecule has 1 aromatic rings. The zero-order valence-corrected chi connectivity index (χ0v) is 13.0. The first-order chi connectivity index (χ1) is 8.85. The van der Waals surface area contributed by atoms with Crippen LogP contribution in [0.25, 0.3) is 0 Å². The second-order valence-electron chi connectivity index (χ2n) is 4.52. The van der Waals surface area contributed by atoms with Crippen molar-refractivity contribution < 1.29 is 8.42 Å². The average molecular weight is 297 g/mol. The van der Waals surface area contributed by atoms with Gasteiger partial charge in [0.05, 0.1) is 10.3 Å². The molecule has 1 rings (SSSR count). The maximum atomic E-state index is 12.2. The van der Waals surface area contributed by atoms with E-state index >= 15 is 0 Å². The molecule has 104 valence electrons. The van der Waals surface area contributed by atoms with Crippen molar-refractivity contribution in [2.75, 3.05) is 0 Å². The summed E-state index contributed by atoms with van der Waals surface area (Å²) in [7, 11) is -3.51. The van der Waals surface area contributed by atoms with Crippen molar-refractivity contribution in [2.45, 2.75) is 42.7 Å². The molecular weight excluding hydrogens is 278 g/mol. The molecule has 0 aliphatic heterocycles. The monoisotopic (exact) mass is 297 g/mol. The Labute approximate surface area is 120 Å². The molecule has 0 saturated carbocycles. The Morgan fingerprint density at radius 3 is 2.37 bits per heavy atom. The minimum Gasteiger partial charge on any atom is -0.207 e. The van der Waals surface area contributed by atoms with E-state index in [2.05, 4.69) is 10.6 Å². The summed E-state index contributed by atoms with van der Waals surface area (Å²) in [6, 6.07) is 6.76.